The second-order valence-electron chi connectivity index (χ2n) is 5.38. The van der Waals surface area contributed by atoms with Gasteiger partial charge in [0.15, 0.2) is 0 Å². The van der Waals surface area contributed by atoms with Gasteiger partial charge in [-0.3, -0.25) is 0 Å². The molecular weight excluding hydrogens is 244 g/mol. The molecule has 0 spiro atoms. The number of methoxy groups -OCH3 is 1. The van der Waals surface area contributed by atoms with Gasteiger partial charge in [-0.05, 0) is 64.1 Å². The highest BCUT2D eigenvalue weighted by molar-refractivity contribution is 5.90. The minimum absolute atomic E-state index is 0.952. The lowest BCUT2D eigenvalue weighted by Gasteiger charge is -2.21. The van der Waals surface area contributed by atoms with Crippen LogP contribution in [0.1, 0.15) is 11.1 Å². The summed E-state index contributed by atoms with van der Waals surface area (Å²) in [6, 6.07) is 19.7. The maximum Gasteiger partial charge on any atom is 0.119 e. The topological polar surface area (TPSA) is 9.23 Å². The first kappa shape index (κ1) is 11.5. The van der Waals surface area contributed by atoms with Crippen LogP contribution >= 0.6 is 0 Å². The fourth-order valence-corrected chi connectivity index (χ4v) is 3.18. The Morgan fingerprint density at radius 3 is 2.20 bits per heavy atom. The van der Waals surface area contributed by atoms with Gasteiger partial charge in [-0.25, -0.2) is 0 Å². The second-order valence-corrected chi connectivity index (χ2v) is 5.38. The van der Waals surface area contributed by atoms with Crippen LogP contribution in [-0.2, 0) is 12.8 Å². The first-order chi connectivity index (χ1) is 9.85. The molecule has 1 heteroatoms. The molecule has 0 atom stereocenters. The predicted octanol–water partition coefficient (Wildman–Crippen LogP) is 4.61. The van der Waals surface area contributed by atoms with Crippen LogP contribution in [-0.4, -0.2) is 7.11 Å². The van der Waals surface area contributed by atoms with Gasteiger partial charge >= 0.3 is 0 Å². The SMILES string of the molecule is COc1ccc2c(c1)CCc1cc3ccccc3cc1-2. The first-order valence-corrected chi connectivity index (χ1v) is 7.04. The predicted molar refractivity (Wildman–Crippen MR) is 83.3 cm³/mol. The molecule has 0 N–H and O–H groups in total. The standard InChI is InChI=1S/C19H16O/c1-20-17-8-9-18-16(11-17)7-6-15-10-13-4-2-3-5-14(13)12-19(15)18/h2-5,8-12H,6-7H2,1H3. The maximum absolute atomic E-state index is 5.34. The lowest BCUT2D eigenvalue weighted by Crippen LogP contribution is -2.04. The molecule has 98 valence electrons. The minimum atomic E-state index is 0.952. The van der Waals surface area contributed by atoms with Crippen molar-refractivity contribution >= 4 is 10.8 Å². The molecule has 0 bridgehead atoms. The van der Waals surface area contributed by atoms with Crippen molar-refractivity contribution in [3.05, 3.63) is 65.7 Å². The van der Waals surface area contributed by atoms with Crippen molar-refractivity contribution in [2.75, 3.05) is 7.11 Å². The van der Waals surface area contributed by atoms with Gasteiger partial charge in [-0.2, -0.15) is 0 Å². The van der Waals surface area contributed by atoms with Crippen LogP contribution in [0.5, 0.6) is 5.75 Å². The lowest BCUT2D eigenvalue weighted by molar-refractivity contribution is 0.414. The molecule has 1 aliphatic rings. The molecule has 0 aliphatic heterocycles. The second kappa shape index (κ2) is 4.38. The summed E-state index contributed by atoms with van der Waals surface area (Å²) in [6.45, 7) is 0. The summed E-state index contributed by atoms with van der Waals surface area (Å²) in [7, 11) is 1.73. The number of aryl methyl sites for hydroxylation is 2. The zero-order valence-corrected chi connectivity index (χ0v) is 11.5. The molecule has 4 rings (SSSR count). The van der Waals surface area contributed by atoms with Crippen LogP contribution < -0.4 is 4.74 Å². The molecule has 0 unspecified atom stereocenters. The molecule has 3 aromatic rings. The lowest BCUT2D eigenvalue weighted by atomic mass is 9.84. The molecule has 0 heterocycles. The number of rotatable bonds is 1. The number of fused-ring (bicyclic) bond motifs is 4. The molecule has 1 aliphatic carbocycles. The molecular formula is C19H16O. The molecule has 1 nitrogen and oxygen atoms in total. The van der Waals surface area contributed by atoms with Crippen molar-refractivity contribution in [3.63, 3.8) is 0 Å². The quantitative estimate of drug-likeness (QED) is 0.620. The third-order valence-corrected chi connectivity index (χ3v) is 4.24. The Morgan fingerprint density at radius 2 is 1.45 bits per heavy atom. The van der Waals surface area contributed by atoms with E-state index in [2.05, 4.69) is 54.6 Å². The van der Waals surface area contributed by atoms with E-state index in [4.69, 9.17) is 4.74 Å². The van der Waals surface area contributed by atoms with Crippen molar-refractivity contribution in [2.45, 2.75) is 12.8 Å². The molecule has 0 radical (unpaired) electrons. The Hall–Kier alpha value is -2.28. The van der Waals surface area contributed by atoms with Gasteiger partial charge in [0.25, 0.3) is 0 Å². The zero-order valence-electron chi connectivity index (χ0n) is 11.5. The van der Waals surface area contributed by atoms with Gasteiger partial charge in [-0.15, -0.1) is 0 Å². The van der Waals surface area contributed by atoms with E-state index in [1.165, 1.54) is 33.0 Å². The fourth-order valence-electron chi connectivity index (χ4n) is 3.18. The van der Waals surface area contributed by atoms with Crippen LogP contribution in [0, 0.1) is 0 Å². The van der Waals surface area contributed by atoms with E-state index >= 15 is 0 Å². The van der Waals surface area contributed by atoms with E-state index < -0.39 is 0 Å². The van der Waals surface area contributed by atoms with Crippen molar-refractivity contribution in [1.82, 2.24) is 0 Å². The number of benzene rings is 3. The summed E-state index contributed by atoms with van der Waals surface area (Å²) in [5.41, 5.74) is 5.60. The highest BCUT2D eigenvalue weighted by atomic mass is 16.5. The Kier molecular flexibility index (Phi) is 2.53. The highest BCUT2D eigenvalue weighted by Gasteiger charge is 2.17. The van der Waals surface area contributed by atoms with Gasteiger partial charge in [-0.1, -0.05) is 36.4 Å². The van der Waals surface area contributed by atoms with E-state index in [1.807, 2.05) is 0 Å². The molecule has 0 saturated heterocycles. The van der Waals surface area contributed by atoms with E-state index in [0.717, 1.165) is 18.6 Å². The molecule has 0 fully saturated rings. The third-order valence-electron chi connectivity index (χ3n) is 4.24. The van der Waals surface area contributed by atoms with Gasteiger partial charge in [0.2, 0.25) is 0 Å². The monoisotopic (exact) mass is 260 g/mol. The van der Waals surface area contributed by atoms with Crippen LogP contribution in [0.3, 0.4) is 0 Å². The molecule has 0 aromatic heterocycles. The summed E-state index contributed by atoms with van der Waals surface area (Å²) < 4.78 is 5.34. The largest absolute Gasteiger partial charge is 0.497 e. The molecule has 20 heavy (non-hydrogen) atoms. The number of hydrogen-bond donors (Lipinski definition) is 0. The molecule has 3 aromatic carbocycles. The van der Waals surface area contributed by atoms with E-state index in [1.54, 1.807) is 7.11 Å². The summed E-state index contributed by atoms with van der Waals surface area (Å²) in [6.07, 6.45) is 2.21. The average molecular weight is 260 g/mol. The summed E-state index contributed by atoms with van der Waals surface area (Å²) >= 11 is 0. The number of hydrogen-bond acceptors (Lipinski definition) is 1. The Labute approximate surface area is 118 Å². The van der Waals surface area contributed by atoms with Gasteiger partial charge in [0, 0.05) is 0 Å². The van der Waals surface area contributed by atoms with Crippen molar-refractivity contribution in [3.8, 4) is 16.9 Å². The summed E-state index contributed by atoms with van der Waals surface area (Å²) in [4.78, 5) is 0. The van der Waals surface area contributed by atoms with Crippen LogP contribution in [0.25, 0.3) is 21.9 Å². The van der Waals surface area contributed by atoms with Crippen LogP contribution in [0.2, 0.25) is 0 Å². The van der Waals surface area contributed by atoms with Gasteiger partial charge in [0.1, 0.15) is 5.75 Å². The third kappa shape index (κ3) is 1.70. The van der Waals surface area contributed by atoms with E-state index in [-0.39, 0.29) is 0 Å². The minimum Gasteiger partial charge on any atom is -0.497 e. The van der Waals surface area contributed by atoms with Gasteiger partial charge in [0.05, 0.1) is 7.11 Å². The Bertz CT molecular complexity index is 802. The normalized spacial score (nSPS) is 12.8. The van der Waals surface area contributed by atoms with Crippen molar-refractivity contribution in [2.24, 2.45) is 0 Å². The molecule has 0 saturated carbocycles. The zero-order chi connectivity index (χ0) is 13.5. The first-order valence-electron chi connectivity index (χ1n) is 7.04. The van der Waals surface area contributed by atoms with E-state index in [0.29, 0.717) is 0 Å². The Morgan fingerprint density at radius 1 is 0.750 bits per heavy atom. The average Bonchev–Trinajstić information content (AvgIpc) is 2.52. The van der Waals surface area contributed by atoms with Crippen molar-refractivity contribution in [1.29, 1.82) is 0 Å². The fraction of sp³-hybridized carbons (Fsp3) is 0.158. The maximum atomic E-state index is 5.34. The van der Waals surface area contributed by atoms with Crippen LogP contribution in [0.4, 0.5) is 0 Å². The smallest absolute Gasteiger partial charge is 0.119 e. The molecule has 0 amide bonds. The highest BCUT2D eigenvalue weighted by Crippen LogP contribution is 2.37. The van der Waals surface area contributed by atoms with E-state index in [9.17, 15) is 0 Å². The number of ether oxygens (including phenoxy) is 1. The van der Waals surface area contributed by atoms with Gasteiger partial charge < -0.3 is 4.74 Å². The Balaban J connectivity index is 1.96. The summed E-state index contributed by atoms with van der Waals surface area (Å²) in [5, 5.41) is 2.65. The van der Waals surface area contributed by atoms with Crippen molar-refractivity contribution < 1.29 is 4.74 Å². The summed E-state index contributed by atoms with van der Waals surface area (Å²) in [5.74, 6) is 0.952. The van der Waals surface area contributed by atoms with Crippen LogP contribution in [0.15, 0.2) is 54.6 Å².